The molecule has 0 aliphatic heterocycles. The molecular formula is C16H18N2O2S. The average molecular weight is 302 g/mol. The van der Waals surface area contributed by atoms with Crippen LogP contribution in [-0.4, -0.2) is 18.7 Å². The highest BCUT2D eigenvalue weighted by Gasteiger charge is 2.01. The summed E-state index contributed by atoms with van der Waals surface area (Å²) in [4.78, 5) is 13.8. The normalized spacial score (nSPS) is 10.8. The molecule has 0 aliphatic rings. The van der Waals surface area contributed by atoms with E-state index in [1.807, 2.05) is 43.3 Å². The van der Waals surface area contributed by atoms with E-state index in [0.29, 0.717) is 5.75 Å². The molecule has 4 nitrogen and oxygen atoms in total. The van der Waals surface area contributed by atoms with E-state index in [-0.39, 0.29) is 12.5 Å². The molecule has 0 saturated carbocycles. The summed E-state index contributed by atoms with van der Waals surface area (Å²) in [5.74, 6) is 0.402. The molecule has 1 aromatic carbocycles. The summed E-state index contributed by atoms with van der Waals surface area (Å²) in [7, 11) is 0. The molecule has 5 heteroatoms. The van der Waals surface area contributed by atoms with Crippen LogP contribution in [0.25, 0.3) is 0 Å². The fourth-order valence-electron chi connectivity index (χ4n) is 1.69. The first-order chi connectivity index (χ1) is 10.2. The Morgan fingerprint density at radius 2 is 2.05 bits per heavy atom. The van der Waals surface area contributed by atoms with Gasteiger partial charge < -0.3 is 4.74 Å². The van der Waals surface area contributed by atoms with Crippen molar-refractivity contribution in [3.63, 3.8) is 0 Å². The van der Waals surface area contributed by atoms with Crippen molar-refractivity contribution in [2.75, 3.05) is 6.61 Å². The highest BCUT2D eigenvalue weighted by atomic mass is 32.1. The first-order valence-corrected chi connectivity index (χ1v) is 7.59. The Balaban J connectivity index is 1.75. The number of amides is 1. The summed E-state index contributed by atoms with van der Waals surface area (Å²) < 4.78 is 5.39. The van der Waals surface area contributed by atoms with Crippen LogP contribution < -0.4 is 10.2 Å². The zero-order valence-corrected chi connectivity index (χ0v) is 12.9. The Bertz CT molecular complexity index is 617. The van der Waals surface area contributed by atoms with Crippen molar-refractivity contribution in [2.24, 2.45) is 5.10 Å². The zero-order valence-electron chi connectivity index (χ0n) is 12.1. The SMILES string of the molecule is CCc1ccc(OCC(=O)N/N=C/c2ccc(C)s2)cc1. The monoisotopic (exact) mass is 302 g/mol. The largest absolute Gasteiger partial charge is 0.484 e. The number of carbonyl (C=O) groups excluding carboxylic acids is 1. The van der Waals surface area contributed by atoms with Crippen molar-refractivity contribution in [1.82, 2.24) is 5.43 Å². The molecular weight excluding hydrogens is 284 g/mol. The fraction of sp³-hybridized carbons (Fsp3) is 0.250. The lowest BCUT2D eigenvalue weighted by Gasteiger charge is -2.05. The number of benzene rings is 1. The van der Waals surface area contributed by atoms with Gasteiger partial charge in [-0.1, -0.05) is 19.1 Å². The zero-order chi connectivity index (χ0) is 15.1. The molecule has 110 valence electrons. The van der Waals surface area contributed by atoms with Crippen LogP contribution in [0.1, 0.15) is 22.2 Å². The molecule has 2 rings (SSSR count). The van der Waals surface area contributed by atoms with Gasteiger partial charge in [0.2, 0.25) is 0 Å². The van der Waals surface area contributed by atoms with E-state index in [4.69, 9.17) is 4.74 Å². The van der Waals surface area contributed by atoms with Crippen molar-refractivity contribution in [3.8, 4) is 5.75 Å². The molecule has 1 heterocycles. The molecule has 0 aliphatic carbocycles. The van der Waals surface area contributed by atoms with Gasteiger partial charge in [0.05, 0.1) is 6.21 Å². The molecule has 1 N–H and O–H groups in total. The molecule has 1 amide bonds. The second kappa shape index (κ2) is 7.59. The Labute approximate surface area is 128 Å². The van der Waals surface area contributed by atoms with Crippen LogP contribution in [0.3, 0.4) is 0 Å². The minimum absolute atomic E-state index is 0.0493. The highest BCUT2D eigenvalue weighted by Crippen LogP contribution is 2.13. The van der Waals surface area contributed by atoms with Crippen LogP contribution in [0.15, 0.2) is 41.5 Å². The summed E-state index contributed by atoms with van der Waals surface area (Å²) in [6.07, 6.45) is 2.61. The first-order valence-electron chi connectivity index (χ1n) is 6.77. The van der Waals surface area contributed by atoms with E-state index < -0.39 is 0 Å². The third-order valence-corrected chi connectivity index (χ3v) is 3.78. The molecule has 0 unspecified atom stereocenters. The van der Waals surface area contributed by atoms with Crippen molar-refractivity contribution in [3.05, 3.63) is 51.7 Å². The van der Waals surface area contributed by atoms with Gasteiger partial charge in [0.15, 0.2) is 6.61 Å². The maximum absolute atomic E-state index is 11.6. The van der Waals surface area contributed by atoms with Crippen molar-refractivity contribution in [1.29, 1.82) is 0 Å². The molecule has 0 bridgehead atoms. The summed E-state index contributed by atoms with van der Waals surface area (Å²) in [6.45, 7) is 4.07. The predicted molar refractivity (Wildman–Crippen MR) is 86.1 cm³/mol. The molecule has 0 spiro atoms. The Morgan fingerprint density at radius 3 is 2.67 bits per heavy atom. The van der Waals surface area contributed by atoms with Crippen molar-refractivity contribution in [2.45, 2.75) is 20.3 Å². The molecule has 2 aromatic rings. The predicted octanol–water partition coefficient (Wildman–Crippen LogP) is 3.15. The minimum Gasteiger partial charge on any atom is -0.484 e. The smallest absolute Gasteiger partial charge is 0.277 e. The number of thiophene rings is 1. The third-order valence-electron chi connectivity index (χ3n) is 2.84. The topological polar surface area (TPSA) is 50.7 Å². The number of rotatable bonds is 6. The molecule has 21 heavy (non-hydrogen) atoms. The minimum atomic E-state index is -0.279. The number of hydrogen-bond donors (Lipinski definition) is 1. The molecule has 0 saturated heterocycles. The lowest BCUT2D eigenvalue weighted by atomic mass is 10.2. The molecule has 0 radical (unpaired) electrons. The van der Waals surface area contributed by atoms with Crippen LogP contribution in [0.4, 0.5) is 0 Å². The summed E-state index contributed by atoms with van der Waals surface area (Å²) in [5, 5.41) is 3.90. The first kappa shape index (κ1) is 15.3. The fourth-order valence-corrected chi connectivity index (χ4v) is 2.44. The van der Waals surface area contributed by atoms with E-state index in [1.165, 1.54) is 10.4 Å². The van der Waals surface area contributed by atoms with Crippen LogP contribution in [-0.2, 0) is 11.2 Å². The van der Waals surface area contributed by atoms with E-state index in [0.717, 1.165) is 11.3 Å². The number of ether oxygens (including phenoxy) is 1. The van der Waals surface area contributed by atoms with E-state index in [1.54, 1.807) is 17.6 Å². The van der Waals surface area contributed by atoms with Gasteiger partial charge in [0.25, 0.3) is 5.91 Å². The van der Waals surface area contributed by atoms with E-state index in [2.05, 4.69) is 17.5 Å². The number of nitrogens with zero attached hydrogens (tertiary/aromatic N) is 1. The number of hydrazone groups is 1. The van der Waals surface area contributed by atoms with Crippen LogP contribution in [0, 0.1) is 6.92 Å². The van der Waals surface area contributed by atoms with Crippen molar-refractivity contribution >= 4 is 23.5 Å². The van der Waals surface area contributed by atoms with Gasteiger partial charge in [-0.15, -0.1) is 11.3 Å². The lowest BCUT2D eigenvalue weighted by molar-refractivity contribution is -0.123. The number of nitrogens with one attached hydrogen (secondary N) is 1. The quantitative estimate of drug-likeness (QED) is 0.658. The Morgan fingerprint density at radius 1 is 1.29 bits per heavy atom. The van der Waals surface area contributed by atoms with Gasteiger partial charge >= 0.3 is 0 Å². The lowest BCUT2D eigenvalue weighted by Crippen LogP contribution is -2.24. The third kappa shape index (κ3) is 5.04. The van der Waals surface area contributed by atoms with Gasteiger partial charge in [0.1, 0.15) is 5.75 Å². The summed E-state index contributed by atoms with van der Waals surface area (Å²) in [5.41, 5.74) is 3.68. The van der Waals surface area contributed by atoms with Crippen LogP contribution in [0.2, 0.25) is 0 Å². The van der Waals surface area contributed by atoms with Crippen molar-refractivity contribution < 1.29 is 9.53 Å². The average Bonchev–Trinajstić information content (AvgIpc) is 2.91. The Kier molecular flexibility index (Phi) is 5.51. The second-order valence-corrected chi connectivity index (χ2v) is 5.85. The van der Waals surface area contributed by atoms with Gasteiger partial charge in [-0.2, -0.15) is 5.10 Å². The molecule has 1 aromatic heterocycles. The summed E-state index contributed by atoms with van der Waals surface area (Å²) >= 11 is 1.62. The van der Waals surface area contributed by atoms with E-state index in [9.17, 15) is 4.79 Å². The Hall–Kier alpha value is -2.14. The standard InChI is InChI=1S/C16H18N2O2S/c1-3-13-5-7-14(8-6-13)20-11-16(19)18-17-10-15-9-4-12(2)21-15/h4-10H,3,11H2,1-2H3,(H,18,19)/b17-10+. The maximum Gasteiger partial charge on any atom is 0.277 e. The highest BCUT2D eigenvalue weighted by molar-refractivity contribution is 7.13. The number of aryl methyl sites for hydroxylation is 2. The van der Waals surface area contributed by atoms with Gasteiger partial charge in [-0.3, -0.25) is 4.79 Å². The molecule has 0 atom stereocenters. The number of carbonyl (C=O) groups is 1. The van der Waals surface area contributed by atoms with Gasteiger partial charge in [-0.05, 0) is 43.2 Å². The van der Waals surface area contributed by atoms with E-state index >= 15 is 0 Å². The van der Waals surface area contributed by atoms with Crippen LogP contribution >= 0.6 is 11.3 Å². The second-order valence-electron chi connectivity index (χ2n) is 4.53. The van der Waals surface area contributed by atoms with Gasteiger partial charge in [-0.25, -0.2) is 5.43 Å². The number of hydrogen-bond acceptors (Lipinski definition) is 4. The maximum atomic E-state index is 11.6. The summed E-state index contributed by atoms with van der Waals surface area (Å²) in [6, 6.07) is 11.7. The van der Waals surface area contributed by atoms with Gasteiger partial charge in [0, 0.05) is 9.75 Å². The molecule has 0 fully saturated rings. The van der Waals surface area contributed by atoms with Crippen LogP contribution in [0.5, 0.6) is 5.75 Å².